The number of carbonyl (C=O) groups excluding carboxylic acids is 4. The molecule has 0 aliphatic carbocycles. The van der Waals surface area contributed by atoms with Gasteiger partial charge < -0.3 is 19.9 Å². The van der Waals surface area contributed by atoms with Crippen LogP contribution in [0.25, 0.3) is 0 Å². The highest BCUT2D eigenvalue weighted by Crippen LogP contribution is 2.54. The van der Waals surface area contributed by atoms with Crippen LogP contribution in [-0.2, 0) is 28.8 Å². The number of hydrogen-bond donors (Lipinski definition) is 1. The van der Waals surface area contributed by atoms with Crippen LogP contribution in [0.2, 0.25) is 0 Å². The molecule has 1 aromatic carbocycles. The van der Waals surface area contributed by atoms with Crippen LogP contribution in [0, 0.1) is 0 Å². The van der Waals surface area contributed by atoms with E-state index in [2.05, 4.69) is 5.32 Å². The Hall–Kier alpha value is -2.55. The molecule has 1 N–H and O–H groups in total. The lowest BCUT2D eigenvalue weighted by atomic mass is 10.0. The minimum atomic E-state index is -0.725. The lowest BCUT2D eigenvalue weighted by Crippen LogP contribution is -2.47. The van der Waals surface area contributed by atoms with Crippen LogP contribution in [0.3, 0.4) is 0 Å². The van der Waals surface area contributed by atoms with Crippen molar-refractivity contribution in [1.29, 1.82) is 0 Å². The molecule has 0 aromatic heterocycles. The molecule has 2 aliphatic rings. The molecule has 2 fully saturated rings. The van der Waals surface area contributed by atoms with Crippen LogP contribution in [0.4, 0.5) is 0 Å². The number of nitrogens with zero attached hydrogens (tertiary/aromatic N) is 2. The van der Waals surface area contributed by atoms with Crippen LogP contribution < -0.4 is 5.32 Å². The quantitative estimate of drug-likeness (QED) is 0.685. The summed E-state index contributed by atoms with van der Waals surface area (Å²) in [5.41, 5.74) is 0.988. The van der Waals surface area contributed by atoms with E-state index < -0.39 is 29.4 Å². The van der Waals surface area contributed by atoms with Gasteiger partial charge in [-0.3, -0.25) is 14.4 Å². The molecule has 28 heavy (non-hydrogen) atoms. The van der Waals surface area contributed by atoms with Crippen molar-refractivity contribution in [2.45, 2.75) is 23.8 Å². The first-order valence-corrected chi connectivity index (χ1v) is 10.0. The first-order valence-electron chi connectivity index (χ1n) is 9.02. The third-order valence-corrected chi connectivity index (χ3v) is 6.64. The molecule has 0 spiro atoms. The Morgan fingerprint density at radius 3 is 2.71 bits per heavy atom. The third-order valence-electron chi connectivity index (χ3n) is 5.05. The van der Waals surface area contributed by atoms with E-state index in [1.807, 2.05) is 30.3 Å². The molecule has 3 rings (SSSR count). The maximum atomic E-state index is 12.6. The van der Waals surface area contributed by atoms with Crippen molar-refractivity contribution in [3.63, 3.8) is 0 Å². The minimum Gasteiger partial charge on any atom is -0.454 e. The normalized spacial score (nSPS) is 23.3. The van der Waals surface area contributed by atoms with Crippen molar-refractivity contribution in [1.82, 2.24) is 15.1 Å². The SMILES string of the molecule is CNC(=O)CN(C)C(=O)COC(=O)[C@@H]1CS[C@@]2(c3ccccc3)CCC(=O)N12. The molecule has 0 saturated carbocycles. The molecule has 8 nitrogen and oxygen atoms in total. The van der Waals surface area contributed by atoms with Gasteiger partial charge in [0.15, 0.2) is 6.61 Å². The molecule has 3 amide bonds. The molecule has 2 atom stereocenters. The van der Waals surface area contributed by atoms with Crippen LogP contribution in [0.5, 0.6) is 0 Å². The van der Waals surface area contributed by atoms with E-state index in [-0.39, 0.29) is 18.4 Å². The number of amides is 3. The number of thioether (sulfide) groups is 1. The smallest absolute Gasteiger partial charge is 0.330 e. The summed E-state index contributed by atoms with van der Waals surface area (Å²) in [6, 6.07) is 8.94. The molecule has 1 aromatic rings. The Labute approximate surface area is 167 Å². The van der Waals surface area contributed by atoms with Gasteiger partial charge in [-0.1, -0.05) is 30.3 Å². The maximum absolute atomic E-state index is 12.6. The highest BCUT2D eigenvalue weighted by atomic mass is 32.2. The van der Waals surface area contributed by atoms with Crippen molar-refractivity contribution < 1.29 is 23.9 Å². The van der Waals surface area contributed by atoms with Gasteiger partial charge in [-0.05, 0) is 12.0 Å². The van der Waals surface area contributed by atoms with Crippen LogP contribution in [-0.4, -0.2) is 72.5 Å². The number of esters is 1. The van der Waals surface area contributed by atoms with Gasteiger partial charge in [0.05, 0.1) is 6.54 Å². The zero-order valence-corrected chi connectivity index (χ0v) is 16.7. The summed E-state index contributed by atoms with van der Waals surface area (Å²) >= 11 is 1.56. The highest BCUT2D eigenvalue weighted by molar-refractivity contribution is 8.00. The monoisotopic (exact) mass is 405 g/mol. The van der Waals surface area contributed by atoms with E-state index in [0.29, 0.717) is 18.6 Å². The van der Waals surface area contributed by atoms with Gasteiger partial charge in [0, 0.05) is 26.3 Å². The van der Waals surface area contributed by atoms with Crippen LogP contribution >= 0.6 is 11.8 Å². The van der Waals surface area contributed by atoms with Crippen molar-refractivity contribution in [2.75, 3.05) is 33.0 Å². The Morgan fingerprint density at radius 2 is 2.04 bits per heavy atom. The highest BCUT2D eigenvalue weighted by Gasteiger charge is 2.57. The predicted molar refractivity (Wildman–Crippen MR) is 103 cm³/mol. The fraction of sp³-hybridized carbons (Fsp3) is 0.474. The van der Waals surface area contributed by atoms with Crippen LogP contribution in [0.15, 0.2) is 30.3 Å². The number of fused-ring (bicyclic) bond motifs is 1. The summed E-state index contributed by atoms with van der Waals surface area (Å²) in [6.45, 7) is -0.582. The van der Waals surface area contributed by atoms with E-state index in [4.69, 9.17) is 4.74 Å². The summed E-state index contributed by atoms with van der Waals surface area (Å²) in [5, 5.41) is 2.42. The van der Waals surface area contributed by atoms with Gasteiger partial charge in [-0.25, -0.2) is 4.79 Å². The average molecular weight is 405 g/mol. The number of ether oxygens (including phenoxy) is 1. The van der Waals surface area contributed by atoms with E-state index in [9.17, 15) is 19.2 Å². The first kappa shape index (κ1) is 20.2. The maximum Gasteiger partial charge on any atom is 0.330 e. The van der Waals surface area contributed by atoms with E-state index in [1.165, 1.54) is 19.0 Å². The van der Waals surface area contributed by atoms with Crippen molar-refractivity contribution in [2.24, 2.45) is 0 Å². The molecule has 0 unspecified atom stereocenters. The zero-order valence-electron chi connectivity index (χ0n) is 15.8. The van der Waals surface area contributed by atoms with E-state index in [0.717, 1.165) is 5.56 Å². The molecule has 9 heteroatoms. The van der Waals surface area contributed by atoms with Crippen molar-refractivity contribution in [3.8, 4) is 0 Å². The van der Waals surface area contributed by atoms with Crippen LogP contribution in [0.1, 0.15) is 18.4 Å². The van der Waals surface area contributed by atoms with Gasteiger partial charge in [0.2, 0.25) is 11.8 Å². The Kier molecular flexibility index (Phi) is 5.93. The largest absolute Gasteiger partial charge is 0.454 e. The standard InChI is InChI=1S/C19H23N3O5S/c1-20-15(23)10-21(2)17(25)11-27-18(26)14-12-28-19(9-8-16(24)22(14)19)13-6-4-3-5-7-13/h3-7,14H,8-12H2,1-2H3,(H,20,23)/t14-,19+/m0/s1. The molecule has 150 valence electrons. The number of likely N-dealkylation sites (N-methyl/N-ethyl adjacent to an activating group) is 2. The second-order valence-corrected chi connectivity index (χ2v) is 8.07. The number of nitrogens with one attached hydrogen (secondary N) is 1. The second kappa shape index (κ2) is 8.22. The summed E-state index contributed by atoms with van der Waals surface area (Å²) in [4.78, 5) is 50.8. The molecule has 2 saturated heterocycles. The molecule has 0 bridgehead atoms. The first-order chi connectivity index (χ1) is 13.4. The Morgan fingerprint density at radius 1 is 1.32 bits per heavy atom. The predicted octanol–water partition coefficient (Wildman–Crippen LogP) is 0.325. The molecule has 0 radical (unpaired) electrons. The summed E-state index contributed by atoms with van der Waals surface area (Å²) < 4.78 is 5.19. The number of hydrogen-bond acceptors (Lipinski definition) is 6. The van der Waals surface area contributed by atoms with E-state index >= 15 is 0 Å². The van der Waals surface area contributed by atoms with Crippen molar-refractivity contribution in [3.05, 3.63) is 35.9 Å². The van der Waals surface area contributed by atoms with E-state index in [1.54, 1.807) is 16.7 Å². The topological polar surface area (TPSA) is 96.0 Å². The lowest BCUT2D eigenvalue weighted by molar-refractivity contribution is -0.158. The third kappa shape index (κ3) is 3.71. The number of carbonyl (C=O) groups is 4. The summed E-state index contributed by atoms with van der Waals surface area (Å²) in [7, 11) is 2.94. The lowest BCUT2D eigenvalue weighted by Gasteiger charge is -2.33. The van der Waals surface area contributed by atoms with Gasteiger partial charge in [-0.15, -0.1) is 11.8 Å². The average Bonchev–Trinajstić information content (AvgIpc) is 3.25. The molecular formula is C19H23N3O5S. The minimum absolute atomic E-state index is 0.0844. The fourth-order valence-corrected chi connectivity index (χ4v) is 5.17. The fourth-order valence-electron chi connectivity index (χ4n) is 3.54. The van der Waals surface area contributed by atoms with Gasteiger partial charge in [-0.2, -0.15) is 0 Å². The molecule has 2 heterocycles. The Bertz CT molecular complexity index is 787. The van der Waals surface area contributed by atoms with Gasteiger partial charge >= 0.3 is 5.97 Å². The van der Waals surface area contributed by atoms with Gasteiger partial charge in [0.1, 0.15) is 10.9 Å². The zero-order chi connectivity index (χ0) is 20.3. The number of rotatable bonds is 6. The molecule has 2 aliphatic heterocycles. The Balaban J connectivity index is 1.66. The second-order valence-electron chi connectivity index (χ2n) is 6.77. The van der Waals surface area contributed by atoms with Gasteiger partial charge in [0.25, 0.3) is 5.91 Å². The molecular weight excluding hydrogens is 382 g/mol. The summed E-state index contributed by atoms with van der Waals surface area (Å²) in [5.74, 6) is -1.06. The number of benzene rings is 1. The van der Waals surface area contributed by atoms with Crippen molar-refractivity contribution >= 4 is 35.5 Å². The summed E-state index contributed by atoms with van der Waals surface area (Å²) in [6.07, 6.45) is 1.01.